The topological polar surface area (TPSA) is 107 Å². The number of aliphatic carboxylic acids is 1. The second-order valence-electron chi connectivity index (χ2n) is 2.58. The fourth-order valence-corrected chi connectivity index (χ4v) is 3.04. The summed E-state index contributed by atoms with van der Waals surface area (Å²) >= 11 is 1.20. The van der Waals surface area contributed by atoms with Gasteiger partial charge < -0.3 is 24.9 Å². The lowest BCUT2D eigenvalue weighted by atomic mass is 10.4. The van der Waals surface area contributed by atoms with E-state index in [9.17, 15) is 24.9 Å². The number of ether oxygens (including phenoxy) is 1. The third kappa shape index (κ3) is 2.32. The van der Waals surface area contributed by atoms with E-state index in [1.807, 2.05) is 0 Å². The van der Waals surface area contributed by atoms with E-state index in [4.69, 9.17) is 0 Å². The van der Waals surface area contributed by atoms with Gasteiger partial charge in [0.05, 0.1) is 11.7 Å². The second kappa shape index (κ2) is 3.97. The molecule has 0 aromatic heterocycles. The Bertz CT molecular complexity index is 247. The number of carboxylic acids is 1. The Hall–Kier alpha value is -0.440. The van der Waals surface area contributed by atoms with Crippen LogP contribution in [-0.4, -0.2) is 44.2 Å². The molecule has 0 bridgehead atoms. The van der Waals surface area contributed by atoms with E-state index < -0.39 is 16.0 Å². The van der Waals surface area contributed by atoms with E-state index in [1.54, 1.807) is 0 Å². The van der Waals surface area contributed by atoms with Crippen molar-refractivity contribution in [3.05, 3.63) is 0 Å². The van der Waals surface area contributed by atoms with Gasteiger partial charge in [-0.1, -0.05) is 11.8 Å². The number of carbonyl (C=O) groups is 2. The molecule has 2 unspecified atom stereocenters. The first-order valence-corrected chi connectivity index (χ1v) is 5.44. The summed E-state index contributed by atoms with van der Waals surface area (Å²) in [5.74, 6) is -2.17. The average molecular weight is 239 g/mol. The highest BCUT2D eigenvalue weighted by molar-refractivity contribution is 8.08. The smallest absolute Gasteiger partial charge is 0.296 e. The number of thioether (sulfide) groups is 2. The van der Waals surface area contributed by atoms with Crippen molar-refractivity contribution < 1.29 is 29.6 Å². The van der Waals surface area contributed by atoms with Gasteiger partial charge >= 0.3 is 0 Å². The zero-order valence-electron chi connectivity index (χ0n) is 6.84. The first kappa shape index (κ1) is 11.6. The molecule has 8 heteroatoms. The normalized spacial score (nSPS) is 37.6. The zero-order valence-corrected chi connectivity index (χ0v) is 8.47. The standard InChI is InChI=1S/C6H8O6S2/c7-3-12-6(11)2-13-5(10,1-14-6)4(8)9/h3,10-11H,1-2H2,(H,8,9)/p-1. The minimum atomic E-state index is -2.04. The van der Waals surface area contributed by atoms with E-state index in [1.165, 1.54) is 0 Å². The third-order valence-electron chi connectivity index (χ3n) is 1.54. The first-order chi connectivity index (χ1) is 6.42. The van der Waals surface area contributed by atoms with Crippen molar-refractivity contribution in [2.45, 2.75) is 10.1 Å². The molecule has 1 saturated heterocycles. The molecule has 0 spiro atoms. The average Bonchev–Trinajstić information content (AvgIpc) is 2.11. The molecule has 6 nitrogen and oxygen atoms in total. The number of hydrogen-bond acceptors (Lipinski definition) is 8. The fraction of sp³-hybridized carbons (Fsp3) is 0.667. The van der Waals surface area contributed by atoms with Crippen LogP contribution in [0.15, 0.2) is 0 Å². The molecular weight excluding hydrogens is 232 g/mol. The highest BCUT2D eigenvalue weighted by atomic mass is 32.2. The van der Waals surface area contributed by atoms with E-state index in [-0.39, 0.29) is 18.0 Å². The molecule has 0 amide bonds. The quantitative estimate of drug-likeness (QED) is 0.419. The van der Waals surface area contributed by atoms with Gasteiger partial charge in [-0.15, -0.1) is 11.8 Å². The summed E-state index contributed by atoms with van der Waals surface area (Å²) in [5, 5.41) is 27.5. The van der Waals surface area contributed by atoms with E-state index in [0.29, 0.717) is 23.5 Å². The Morgan fingerprint density at radius 1 is 1.43 bits per heavy atom. The Morgan fingerprint density at radius 2 is 2.07 bits per heavy atom. The summed E-state index contributed by atoms with van der Waals surface area (Å²) in [7, 11) is 0. The van der Waals surface area contributed by atoms with Crippen molar-refractivity contribution in [3.63, 3.8) is 0 Å². The molecule has 80 valence electrons. The molecule has 0 aliphatic carbocycles. The largest absolute Gasteiger partial charge is 0.546 e. The van der Waals surface area contributed by atoms with Crippen LogP contribution in [0.5, 0.6) is 0 Å². The minimum Gasteiger partial charge on any atom is -0.546 e. The third-order valence-corrected chi connectivity index (χ3v) is 4.48. The first-order valence-electron chi connectivity index (χ1n) is 3.47. The van der Waals surface area contributed by atoms with Crippen LogP contribution in [0, 0.1) is 0 Å². The highest BCUT2D eigenvalue weighted by Crippen LogP contribution is 2.41. The number of rotatable bonds is 3. The molecular formula is C6H7O6S2-. The maximum Gasteiger partial charge on any atom is 0.296 e. The molecule has 0 aromatic carbocycles. The van der Waals surface area contributed by atoms with Crippen molar-refractivity contribution in [1.29, 1.82) is 0 Å². The maximum atomic E-state index is 10.5. The van der Waals surface area contributed by atoms with Gasteiger partial charge in [-0.3, -0.25) is 4.79 Å². The van der Waals surface area contributed by atoms with Crippen molar-refractivity contribution >= 4 is 36.0 Å². The van der Waals surface area contributed by atoms with Gasteiger partial charge in [0.1, 0.15) is 0 Å². The van der Waals surface area contributed by atoms with Gasteiger partial charge in [0.2, 0.25) is 0 Å². The van der Waals surface area contributed by atoms with Crippen LogP contribution in [0.25, 0.3) is 0 Å². The zero-order chi connectivity index (χ0) is 10.8. The van der Waals surface area contributed by atoms with Crippen LogP contribution in [0.4, 0.5) is 0 Å². The Kier molecular flexibility index (Phi) is 3.30. The Labute approximate surface area is 87.6 Å². The molecule has 0 aromatic rings. The summed E-state index contributed by atoms with van der Waals surface area (Å²) in [4.78, 5) is 18.4. The van der Waals surface area contributed by atoms with Gasteiger partial charge in [-0.2, -0.15) is 0 Å². The molecule has 1 aliphatic heterocycles. The number of hydrogen-bond donors (Lipinski definition) is 2. The molecule has 1 rings (SSSR count). The predicted molar refractivity (Wildman–Crippen MR) is 47.0 cm³/mol. The summed E-state index contributed by atoms with van der Waals surface area (Å²) < 4.78 is 4.34. The van der Waals surface area contributed by atoms with Crippen molar-refractivity contribution in [3.8, 4) is 0 Å². The van der Waals surface area contributed by atoms with Crippen LogP contribution < -0.4 is 5.11 Å². The number of carbonyl (C=O) groups excluding carboxylic acids is 2. The molecule has 0 saturated carbocycles. The summed E-state index contributed by atoms with van der Waals surface area (Å²) in [5.41, 5.74) is 0. The van der Waals surface area contributed by atoms with E-state index in [2.05, 4.69) is 4.74 Å². The monoisotopic (exact) mass is 239 g/mol. The van der Waals surface area contributed by atoms with Crippen LogP contribution in [0.3, 0.4) is 0 Å². The van der Waals surface area contributed by atoms with Crippen molar-refractivity contribution in [2.24, 2.45) is 0 Å². The summed E-state index contributed by atoms with van der Waals surface area (Å²) in [6.07, 6.45) is 0. The van der Waals surface area contributed by atoms with Gasteiger partial charge in [0.15, 0.2) is 4.93 Å². The van der Waals surface area contributed by atoms with Gasteiger partial charge in [0, 0.05) is 5.75 Å². The van der Waals surface area contributed by atoms with Gasteiger partial charge in [-0.05, 0) is 0 Å². The summed E-state index contributed by atoms with van der Waals surface area (Å²) in [6.45, 7) is 0.0664. The van der Waals surface area contributed by atoms with Crippen LogP contribution in [0.2, 0.25) is 0 Å². The molecule has 14 heavy (non-hydrogen) atoms. The molecule has 2 N–H and O–H groups in total. The Morgan fingerprint density at radius 3 is 2.43 bits per heavy atom. The molecule has 1 aliphatic rings. The molecule has 2 atom stereocenters. The maximum absolute atomic E-state index is 10.5. The van der Waals surface area contributed by atoms with Crippen LogP contribution >= 0.6 is 23.5 Å². The predicted octanol–water partition coefficient (Wildman–Crippen LogP) is -2.28. The van der Waals surface area contributed by atoms with Gasteiger partial charge in [-0.25, -0.2) is 0 Å². The Balaban J connectivity index is 2.61. The number of aliphatic hydroxyl groups is 2. The van der Waals surface area contributed by atoms with Crippen LogP contribution in [0.1, 0.15) is 0 Å². The van der Waals surface area contributed by atoms with E-state index in [0.717, 1.165) is 0 Å². The van der Waals surface area contributed by atoms with Crippen molar-refractivity contribution in [1.82, 2.24) is 0 Å². The van der Waals surface area contributed by atoms with Crippen LogP contribution in [-0.2, 0) is 14.3 Å². The molecule has 0 radical (unpaired) electrons. The van der Waals surface area contributed by atoms with Crippen molar-refractivity contribution in [2.75, 3.05) is 11.5 Å². The second-order valence-corrected chi connectivity index (χ2v) is 5.04. The lowest BCUT2D eigenvalue weighted by Gasteiger charge is -2.38. The minimum absolute atomic E-state index is 0.0664. The molecule has 1 heterocycles. The number of carboxylic acid groups (broad SMARTS) is 1. The lowest BCUT2D eigenvalue weighted by Crippen LogP contribution is -2.53. The van der Waals surface area contributed by atoms with Gasteiger partial charge in [0.25, 0.3) is 11.6 Å². The summed E-state index contributed by atoms with van der Waals surface area (Å²) in [6, 6.07) is 0. The highest BCUT2D eigenvalue weighted by Gasteiger charge is 2.44. The van der Waals surface area contributed by atoms with E-state index >= 15 is 0 Å². The fourth-order valence-electron chi connectivity index (χ4n) is 0.766. The lowest BCUT2D eigenvalue weighted by molar-refractivity contribution is -0.316. The molecule has 1 fully saturated rings. The SMILES string of the molecule is O=COC1(O)CSC(O)(C(=O)[O-])CS1.